The third-order valence-electron chi connectivity index (χ3n) is 18.0. The number of hydrogen-bond acceptors (Lipinski definition) is 5. The zero-order valence-corrected chi connectivity index (χ0v) is 56.5. The van der Waals surface area contributed by atoms with Crippen LogP contribution in [0.5, 0.6) is 0 Å². The zero-order chi connectivity index (χ0) is 59.9. The van der Waals surface area contributed by atoms with Crippen molar-refractivity contribution in [2.24, 2.45) is 0 Å². The Labute approximate surface area is 520 Å². The first-order chi connectivity index (χ1) is 41.0. The van der Waals surface area contributed by atoms with Crippen LogP contribution >= 0.6 is 0 Å². The van der Waals surface area contributed by atoms with Gasteiger partial charge in [-0.25, -0.2) is 0 Å². The van der Waals surface area contributed by atoms with E-state index in [1.165, 1.54) is 353 Å². The molecule has 0 aliphatic rings. The maximum absolute atomic E-state index is 12.5. The number of esters is 1. The number of ether oxygens (including phenoxy) is 1. The summed E-state index contributed by atoms with van der Waals surface area (Å²) in [5, 5.41) is 23.3. The minimum absolute atomic E-state index is 0.0142. The Morgan fingerprint density at radius 1 is 0.325 bits per heavy atom. The van der Waals surface area contributed by atoms with Gasteiger partial charge in [0.25, 0.3) is 0 Å². The zero-order valence-electron chi connectivity index (χ0n) is 56.5. The van der Waals surface area contributed by atoms with Crippen molar-refractivity contribution in [1.82, 2.24) is 5.32 Å². The van der Waals surface area contributed by atoms with Crippen molar-refractivity contribution in [3.63, 3.8) is 0 Å². The molecule has 0 bridgehead atoms. The number of allylic oxidation sites excluding steroid dienone is 4. The van der Waals surface area contributed by atoms with Gasteiger partial charge >= 0.3 is 5.97 Å². The van der Waals surface area contributed by atoms with Crippen molar-refractivity contribution in [2.45, 2.75) is 443 Å². The fraction of sp³-hybridized carbons (Fsp3) is 0.922. The molecule has 0 saturated carbocycles. The first-order valence-electron chi connectivity index (χ1n) is 38.1. The van der Waals surface area contributed by atoms with E-state index in [4.69, 9.17) is 4.74 Å². The first-order valence-corrected chi connectivity index (χ1v) is 38.1. The molecule has 0 spiro atoms. The molecule has 83 heavy (non-hydrogen) atoms. The predicted molar refractivity (Wildman–Crippen MR) is 366 cm³/mol. The van der Waals surface area contributed by atoms with Gasteiger partial charge < -0.3 is 20.3 Å². The number of amides is 1. The number of hydrogen-bond donors (Lipinski definition) is 3. The van der Waals surface area contributed by atoms with Crippen LogP contribution in [0.4, 0.5) is 0 Å². The van der Waals surface area contributed by atoms with Gasteiger partial charge in [0.05, 0.1) is 25.4 Å². The molecule has 0 aromatic rings. The molecule has 0 aromatic heterocycles. The quantitative estimate of drug-likeness (QED) is 0.0320. The fourth-order valence-electron chi connectivity index (χ4n) is 12.2. The number of carbonyl (C=O) groups is 2. The van der Waals surface area contributed by atoms with Gasteiger partial charge in [0.1, 0.15) is 0 Å². The number of rotatable bonds is 72. The van der Waals surface area contributed by atoms with E-state index in [0.29, 0.717) is 25.9 Å². The van der Waals surface area contributed by atoms with Gasteiger partial charge in [-0.05, 0) is 77.0 Å². The number of unbranched alkanes of at least 4 members (excludes halogenated alkanes) is 57. The second kappa shape index (κ2) is 72.8. The third kappa shape index (κ3) is 69.3. The van der Waals surface area contributed by atoms with Crippen LogP contribution in [0.1, 0.15) is 431 Å². The Kier molecular flexibility index (Phi) is 71.4. The van der Waals surface area contributed by atoms with Crippen molar-refractivity contribution in [3.05, 3.63) is 24.3 Å². The summed E-state index contributed by atoms with van der Waals surface area (Å²) in [6.07, 6.45) is 92.7. The molecule has 3 N–H and O–H groups in total. The van der Waals surface area contributed by atoms with E-state index in [1.807, 2.05) is 0 Å². The van der Waals surface area contributed by atoms with E-state index in [-0.39, 0.29) is 18.5 Å². The summed E-state index contributed by atoms with van der Waals surface area (Å²) in [6, 6.07) is -0.537. The van der Waals surface area contributed by atoms with Crippen molar-refractivity contribution in [2.75, 3.05) is 13.2 Å². The normalized spacial score (nSPS) is 12.6. The maximum Gasteiger partial charge on any atom is 0.305 e. The summed E-state index contributed by atoms with van der Waals surface area (Å²) < 4.78 is 5.50. The molecule has 0 aliphatic carbocycles. The summed E-state index contributed by atoms with van der Waals surface area (Å²) >= 11 is 0. The van der Waals surface area contributed by atoms with Crippen LogP contribution in [0, 0.1) is 0 Å². The van der Waals surface area contributed by atoms with Crippen LogP contribution < -0.4 is 5.32 Å². The summed E-state index contributed by atoms with van der Waals surface area (Å²) in [6.45, 7) is 4.98. The second-order valence-corrected chi connectivity index (χ2v) is 26.3. The maximum atomic E-state index is 12.5. The summed E-state index contributed by atoms with van der Waals surface area (Å²) in [5.74, 6) is -0.0138. The van der Waals surface area contributed by atoms with Crippen LogP contribution in [-0.4, -0.2) is 47.4 Å². The Morgan fingerprint density at radius 2 is 0.566 bits per heavy atom. The molecule has 6 nitrogen and oxygen atoms in total. The summed E-state index contributed by atoms with van der Waals surface area (Å²) in [4.78, 5) is 24.6. The lowest BCUT2D eigenvalue weighted by Gasteiger charge is -2.22. The van der Waals surface area contributed by atoms with E-state index in [0.717, 1.165) is 44.9 Å². The van der Waals surface area contributed by atoms with Crippen molar-refractivity contribution in [1.29, 1.82) is 0 Å². The van der Waals surface area contributed by atoms with Crippen LogP contribution in [0.2, 0.25) is 0 Å². The predicted octanol–water partition coefficient (Wildman–Crippen LogP) is 24.9. The topological polar surface area (TPSA) is 95.9 Å². The van der Waals surface area contributed by atoms with Gasteiger partial charge in [-0.1, -0.05) is 366 Å². The Balaban J connectivity index is 3.32. The van der Waals surface area contributed by atoms with Gasteiger partial charge in [-0.15, -0.1) is 0 Å². The van der Waals surface area contributed by atoms with E-state index in [9.17, 15) is 19.8 Å². The minimum Gasteiger partial charge on any atom is -0.466 e. The van der Waals surface area contributed by atoms with Crippen molar-refractivity contribution < 1.29 is 24.5 Å². The molecule has 0 aromatic carbocycles. The van der Waals surface area contributed by atoms with Gasteiger partial charge in [0, 0.05) is 12.8 Å². The molecule has 0 fully saturated rings. The monoisotopic (exact) mass is 1170 g/mol. The van der Waals surface area contributed by atoms with Crippen LogP contribution in [-0.2, 0) is 14.3 Å². The van der Waals surface area contributed by atoms with Crippen molar-refractivity contribution >= 4 is 11.9 Å². The lowest BCUT2D eigenvalue weighted by Crippen LogP contribution is -2.45. The molecule has 0 heterocycles. The van der Waals surface area contributed by atoms with E-state index in [1.54, 1.807) is 0 Å². The van der Waals surface area contributed by atoms with Crippen LogP contribution in [0.3, 0.4) is 0 Å². The van der Waals surface area contributed by atoms with E-state index < -0.39 is 12.1 Å². The van der Waals surface area contributed by atoms with Gasteiger partial charge in [0.2, 0.25) is 5.91 Å². The highest BCUT2D eigenvalue weighted by molar-refractivity contribution is 5.76. The molecule has 492 valence electrons. The molecule has 2 unspecified atom stereocenters. The molecule has 0 aliphatic heterocycles. The highest BCUT2D eigenvalue weighted by Crippen LogP contribution is 2.19. The lowest BCUT2D eigenvalue weighted by atomic mass is 10.0. The van der Waals surface area contributed by atoms with Gasteiger partial charge in [-0.3, -0.25) is 9.59 Å². The minimum atomic E-state index is -0.661. The van der Waals surface area contributed by atoms with Crippen molar-refractivity contribution in [3.8, 4) is 0 Å². The largest absolute Gasteiger partial charge is 0.466 e. The van der Waals surface area contributed by atoms with E-state index >= 15 is 0 Å². The molecular weight excluding hydrogens is 1020 g/mol. The fourth-order valence-corrected chi connectivity index (χ4v) is 12.2. The number of aliphatic hydroxyl groups is 2. The van der Waals surface area contributed by atoms with Crippen LogP contribution in [0.25, 0.3) is 0 Å². The molecule has 0 rings (SSSR count). The second-order valence-electron chi connectivity index (χ2n) is 26.3. The van der Waals surface area contributed by atoms with Gasteiger partial charge in [-0.2, -0.15) is 0 Å². The number of nitrogens with one attached hydrogen (secondary N) is 1. The highest BCUT2D eigenvalue weighted by Gasteiger charge is 2.20. The molecule has 2 atom stereocenters. The molecule has 0 saturated heterocycles. The number of carbonyl (C=O) groups excluding carboxylic acids is 2. The molecule has 0 radical (unpaired) electrons. The third-order valence-corrected chi connectivity index (χ3v) is 18.0. The Bertz CT molecular complexity index is 1300. The first kappa shape index (κ1) is 81.3. The Morgan fingerprint density at radius 3 is 0.855 bits per heavy atom. The number of aliphatic hydroxyl groups excluding tert-OH is 2. The van der Waals surface area contributed by atoms with E-state index in [2.05, 4.69) is 43.5 Å². The Hall–Kier alpha value is -1.66. The molecule has 1 amide bonds. The smallest absolute Gasteiger partial charge is 0.305 e. The SMILES string of the molecule is CCCCCCCC/C=C\CCCCCCCC(=O)OCCCCCCCCCCCCCCCCCC/C=C\CCCCCCCCCCCCCCCCCCCC(=O)NC(CO)C(O)CCCCCCCCCCCCCCCC. The average molecular weight is 1170 g/mol. The average Bonchev–Trinajstić information content (AvgIpc) is 3.49. The lowest BCUT2D eigenvalue weighted by molar-refractivity contribution is -0.143. The van der Waals surface area contributed by atoms with Crippen LogP contribution in [0.15, 0.2) is 24.3 Å². The molecule has 6 heteroatoms. The summed E-state index contributed by atoms with van der Waals surface area (Å²) in [7, 11) is 0. The highest BCUT2D eigenvalue weighted by atomic mass is 16.5. The standard InChI is InChI=1S/C77H149NO5/c1-3-5-7-9-11-13-15-17-42-47-51-55-59-63-67-71-77(82)83-72-68-64-60-56-52-48-44-41-39-37-35-33-31-29-27-25-23-21-19-20-22-24-26-28-30-32-34-36-38-40-43-46-50-54-58-62-66-70-76(81)78-74(73-79)75(80)69-65-61-57-53-49-45-18-16-14-12-10-8-6-4-2/h17,19,21,42,74-75,79-80H,3-16,18,20,22-41,43-73H2,1-2H3,(H,78,81)/b21-19-,42-17-. The summed E-state index contributed by atoms with van der Waals surface area (Å²) in [5.41, 5.74) is 0. The van der Waals surface area contributed by atoms with Gasteiger partial charge in [0.15, 0.2) is 0 Å². The molecular formula is C77H149NO5.